The van der Waals surface area contributed by atoms with Crippen molar-refractivity contribution in [2.75, 3.05) is 6.54 Å². The summed E-state index contributed by atoms with van der Waals surface area (Å²) in [7, 11) is 0. The number of likely N-dealkylation sites (tertiary alicyclic amines) is 1. The third-order valence-corrected chi connectivity index (χ3v) is 2.99. The molecule has 0 N–H and O–H groups in total. The lowest BCUT2D eigenvalue weighted by Crippen LogP contribution is -2.46. The van der Waals surface area contributed by atoms with Gasteiger partial charge in [0.2, 0.25) is 5.91 Å². The van der Waals surface area contributed by atoms with Gasteiger partial charge in [-0.05, 0) is 18.8 Å². The van der Waals surface area contributed by atoms with Crippen LogP contribution in [0.1, 0.15) is 26.2 Å². The molecule has 12 heavy (non-hydrogen) atoms. The van der Waals surface area contributed by atoms with Gasteiger partial charge in [-0.3, -0.25) is 9.59 Å². The summed E-state index contributed by atoms with van der Waals surface area (Å²) in [5.74, 6) is 0.718. The molecule has 2 rings (SSSR count). The first-order valence-electron chi connectivity index (χ1n) is 4.49. The molecule has 0 bridgehead atoms. The Morgan fingerprint density at radius 3 is 2.42 bits per heavy atom. The Hall–Kier alpha value is -0.860. The number of carbonyl (C=O) groups is 2. The van der Waals surface area contributed by atoms with Gasteiger partial charge in [0.05, 0.1) is 13.0 Å². The summed E-state index contributed by atoms with van der Waals surface area (Å²) in [5.41, 5.74) is 0. The van der Waals surface area contributed by atoms with E-state index in [4.69, 9.17) is 0 Å². The maximum Gasteiger partial charge on any atom is 0.230 e. The van der Waals surface area contributed by atoms with Gasteiger partial charge in [0.15, 0.2) is 5.78 Å². The molecule has 0 aromatic rings. The van der Waals surface area contributed by atoms with E-state index in [9.17, 15) is 9.59 Å². The second-order valence-electron chi connectivity index (χ2n) is 3.86. The Kier molecular flexibility index (Phi) is 1.67. The topological polar surface area (TPSA) is 37.4 Å². The van der Waals surface area contributed by atoms with Crippen LogP contribution in [0.2, 0.25) is 0 Å². The quantitative estimate of drug-likeness (QED) is 0.536. The van der Waals surface area contributed by atoms with E-state index in [0.717, 1.165) is 6.42 Å². The number of amides is 1. The highest BCUT2D eigenvalue weighted by Gasteiger charge is 2.39. The van der Waals surface area contributed by atoms with Gasteiger partial charge in [-0.25, -0.2) is 0 Å². The van der Waals surface area contributed by atoms with E-state index in [0.29, 0.717) is 18.5 Å². The second kappa shape index (κ2) is 2.57. The molecular weight excluding hydrogens is 154 g/mol. The molecule has 1 aliphatic carbocycles. The summed E-state index contributed by atoms with van der Waals surface area (Å²) in [6.45, 7) is 2.51. The molecule has 3 nitrogen and oxygen atoms in total. The van der Waals surface area contributed by atoms with Crippen LogP contribution in [0, 0.1) is 5.92 Å². The fourth-order valence-electron chi connectivity index (χ4n) is 2.02. The third-order valence-electron chi connectivity index (χ3n) is 2.99. The molecule has 2 aliphatic rings. The summed E-state index contributed by atoms with van der Waals surface area (Å²) in [5, 5.41) is 0. The van der Waals surface area contributed by atoms with Gasteiger partial charge < -0.3 is 4.90 Å². The molecular formula is C9H13NO2. The molecule has 1 aliphatic heterocycles. The number of ketones is 1. The first-order valence-corrected chi connectivity index (χ1v) is 4.49. The average molecular weight is 167 g/mol. The van der Waals surface area contributed by atoms with Crippen molar-refractivity contribution in [1.82, 2.24) is 4.90 Å². The Labute approximate surface area is 71.7 Å². The minimum Gasteiger partial charge on any atom is -0.332 e. The summed E-state index contributed by atoms with van der Waals surface area (Å²) in [6.07, 6.45) is 2.42. The molecule has 2 fully saturated rings. The first kappa shape index (κ1) is 7.77. The van der Waals surface area contributed by atoms with E-state index >= 15 is 0 Å². The van der Waals surface area contributed by atoms with Crippen LogP contribution in [-0.2, 0) is 9.59 Å². The largest absolute Gasteiger partial charge is 0.332 e. The van der Waals surface area contributed by atoms with Crippen LogP contribution < -0.4 is 0 Å². The van der Waals surface area contributed by atoms with Crippen molar-refractivity contribution in [1.29, 1.82) is 0 Å². The van der Waals surface area contributed by atoms with Gasteiger partial charge in [-0.2, -0.15) is 0 Å². The molecule has 0 radical (unpaired) electrons. The van der Waals surface area contributed by atoms with Gasteiger partial charge in [0.25, 0.3) is 0 Å². The van der Waals surface area contributed by atoms with E-state index in [1.807, 2.05) is 0 Å². The lowest BCUT2D eigenvalue weighted by atomic mass is 9.80. The maximum absolute atomic E-state index is 11.3. The maximum atomic E-state index is 11.3. The minimum atomic E-state index is 0.0385. The van der Waals surface area contributed by atoms with E-state index < -0.39 is 0 Å². The molecule has 2 atom stereocenters. The zero-order valence-electron chi connectivity index (χ0n) is 7.25. The van der Waals surface area contributed by atoms with E-state index in [-0.39, 0.29) is 18.1 Å². The van der Waals surface area contributed by atoms with Gasteiger partial charge in [0.1, 0.15) is 0 Å². The summed E-state index contributed by atoms with van der Waals surface area (Å²) < 4.78 is 0. The molecule has 2 unspecified atom stereocenters. The third kappa shape index (κ3) is 1.04. The first-order chi connectivity index (χ1) is 5.68. The fraction of sp³-hybridized carbons (Fsp3) is 0.778. The molecule has 0 aromatic heterocycles. The van der Waals surface area contributed by atoms with Gasteiger partial charge in [-0.15, -0.1) is 0 Å². The highest BCUT2D eigenvalue weighted by atomic mass is 16.2. The van der Waals surface area contributed by atoms with Crippen LogP contribution in [-0.4, -0.2) is 29.2 Å². The van der Waals surface area contributed by atoms with Crippen molar-refractivity contribution in [2.24, 2.45) is 5.92 Å². The minimum absolute atomic E-state index is 0.0385. The zero-order chi connectivity index (χ0) is 8.72. The SMILES string of the molecule is CC1CCC1N1CC(=O)CC1=O. The fourth-order valence-corrected chi connectivity index (χ4v) is 2.02. The monoisotopic (exact) mass is 167 g/mol. The number of rotatable bonds is 1. The highest BCUT2D eigenvalue weighted by molar-refractivity contribution is 6.05. The van der Waals surface area contributed by atoms with Crippen LogP contribution in [0.4, 0.5) is 0 Å². The lowest BCUT2D eigenvalue weighted by Gasteiger charge is -2.40. The van der Waals surface area contributed by atoms with Crippen molar-refractivity contribution in [3.8, 4) is 0 Å². The second-order valence-corrected chi connectivity index (χ2v) is 3.86. The van der Waals surface area contributed by atoms with Gasteiger partial charge >= 0.3 is 0 Å². The molecule has 1 heterocycles. The molecule has 3 heteroatoms. The Bertz CT molecular complexity index is 237. The van der Waals surface area contributed by atoms with Crippen molar-refractivity contribution < 1.29 is 9.59 Å². The molecule has 1 saturated heterocycles. The van der Waals surface area contributed by atoms with Crippen molar-refractivity contribution in [3.63, 3.8) is 0 Å². The number of Topliss-reactive ketones (excluding diaryl/α,β-unsaturated/α-hetero) is 1. The summed E-state index contributed by atoms with van der Waals surface area (Å²) >= 11 is 0. The highest BCUT2D eigenvalue weighted by Crippen LogP contribution is 2.33. The van der Waals surface area contributed by atoms with E-state index in [2.05, 4.69) is 6.92 Å². The summed E-state index contributed by atoms with van der Waals surface area (Å²) in [6, 6.07) is 0.365. The van der Waals surface area contributed by atoms with E-state index in [1.165, 1.54) is 6.42 Å². The molecule has 1 saturated carbocycles. The van der Waals surface area contributed by atoms with Crippen LogP contribution >= 0.6 is 0 Å². The molecule has 66 valence electrons. The Morgan fingerprint density at radius 2 is 2.08 bits per heavy atom. The predicted octanol–water partition coefficient (Wildman–Crippen LogP) is 0.586. The Balaban J connectivity index is 2.04. The molecule has 1 amide bonds. The molecule has 0 spiro atoms. The smallest absolute Gasteiger partial charge is 0.230 e. The van der Waals surface area contributed by atoms with Crippen molar-refractivity contribution in [3.05, 3.63) is 0 Å². The van der Waals surface area contributed by atoms with Gasteiger partial charge in [0, 0.05) is 6.04 Å². The lowest BCUT2D eigenvalue weighted by molar-refractivity contribution is -0.132. The van der Waals surface area contributed by atoms with Crippen LogP contribution in [0.15, 0.2) is 0 Å². The standard InChI is InChI=1S/C9H13NO2/c1-6-2-3-8(6)10-5-7(11)4-9(10)12/h6,8H,2-5H2,1H3. The van der Waals surface area contributed by atoms with Crippen LogP contribution in [0.5, 0.6) is 0 Å². The predicted molar refractivity (Wildman–Crippen MR) is 43.5 cm³/mol. The normalized spacial score (nSPS) is 35.6. The summed E-state index contributed by atoms with van der Waals surface area (Å²) in [4.78, 5) is 24.0. The number of carbonyl (C=O) groups excluding carboxylic acids is 2. The number of nitrogens with zero attached hydrogens (tertiary/aromatic N) is 1. The Morgan fingerprint density at radius 1 is 1.33 bits per heavy atom. The van der Waals surface area contributed by atoms with Gasteiger partial charge in [-0.1, -0.05) is 6.92 Å². The van der Waals surface area contributed by atoms with Crippen LogP contribution in [0.3, 0.4) is 0 Å². The van der Waals surface area contributed by atoms with Crippen molar-refractivity contribution in [2.45, 2.75) is 32.2 Å². The number of hydrogen-bond acceptors (Lipinski definition) is 2. The van der Waals surface area contributed by atoms with Crippen LogP contribution in [0.25, 0.3) is 0 Å². The number of hydrogen-bond donors (Lipinski definition) is 0. The zero-order valence-corrected chi connectivity index (χ0v) is 7.25. The van der Waals surface area contributed by atoms with Crippen molar-refractivity contribution >= 4 is 11.7 Å². The molecule has 0 aromatic carbocycles. The van der Waals surface area contributed by atoms with E-state index in [1.54, 1.807) is 4.90 Å². The average Bonchev–Trinajstić information content (AvgIpc) is 2.28.